The minimum atomic E-state index is 0.311. The van der Waals surface area contributed by atoms with Gasteiger partial charge in [0.2, 0.25) is 5.91 Å². The Morgan fingerprint density at radius 1 is 1.26 bits per heavy atom. The summed E-state index contributed by atoms with van der Waals surface area (Å²) < 4.78 is 0. The Bertz CT molecular complexity index is 404. The second-order valence-electron chi connectivity index (χ2n) is 5.43. The number of hydrogen-bond acceptors (Lipinski definition) is 2. The fourth-order valence-electron chi connectivity index (χ4n) is 2.59. The molecule has 104 valence electrons. The molecule has 1 fully saturated rings. The Morgan fingerprint density at radius 2 is 2.00 bits per heavy atom. The number of amides is 1. The number of carbonyl (C=O) groups is 1. The van der Waals surface area contributed by atoms with E-state index < -0.39 is 0 Å². The van der Waals surface area contributed by atoms with E-state index in [9.17, 15) is 4.79 Å². The highest BCUT2D eigenvalue weighted by Gasteiger charge is 2.20. The quantitative estimate of drug-likeness (QED) is 0.852. The van der Waals surface area contributed by atoms with E-state index in [1.54, 1.807) is 0 Å². The van der Waals surface area contributed by atoms with Crippen molar-refractivity contribution >= 4 is 5.91 Å². The molecule has 2 rings (SSSR count). The molecule has 0 bridgehead atoms. The van der Waals surface area contributed by atoms with Crippen LogP contribution in [-0.2, 0) is 4.79 Å². The van der Waals surface area contributed by atoms with Crippen LogP contribution in [0, 0.1) is 0 Å². The van der Waals surface area contributed by atoms with Crippen molar-refractivity contribution in [3.05, 3.63) is 35.9 Å². The summed E-state index contributed by atoms with van der Waals surface area (Å²) in [6, 6.07) is 11.0. The molecule has 19 heavy (non-hydrogen) atoms. The van der Waals surface area contributed by atoms with Crippen LogP contribution < -0.4 is 5.32 Å². The third kappa shape index (κ3) is 3.80. The molecule has 0 unspecified atom stereocenters. The standard InChI is InChI=1S/C16H24N2O/c1-13(15-7-4-3-5-8-15)14(2)17-10-12-18-11-6-9-16(18)19/h3-5,7-8,13-14,17H,6,9-12H2,1-2H3/t13-,14+/m1/s1. The summed E-state index contributed by atoms with van der Waals surface area (Å²) in [6.07, 6.45) is 1.75. The number of likely N-dealkylation sites (tertiary alicyclic amines) is 1. The molecule has 1 amide bonds. The molecule has 0 aliphatic carbocycles. The molecular weight excluding hydrogens is 236 g/mol. The first-order chi connectivity index (χ1) is 9.18. The monoisotopic (exact) mass is 260 g/mol. The van der Waals surface area contributed by atoms with Crippen molar-refractivity contribution in [3.63, 3.8) is 0 Å². The molecule has 1 saturated heterocycles. The van der Waals surface area contributed by atoms with Gasteiger partial charge >= 0.3 is 0 Å². The zero-order valence-electron chi connectivity index (χ0n) is 11.9. The molecule has 0 aromatic heterocycles. The van der Waals surface area contributed by atoms with E-state index in [-0.39, 0.29) is 0 Å². The second-order valence-corrected chi connectivity index (χ2v) is 5.43. The minimum absolute atomic E-state index is 0.311. The topological polar surface area (TPSA) is 32.3 Å². The van der Waals surface area contributed by atoms with Gasteiger partial charge in [-0.2, -0.15) is 0 Å². The SMILES string of the molecule is C[C@H](NCCN1CCCC1=O)[C@@H](C)c1ccccc1. The molecule has 0 spiro atoms. The maximum Gasteiger partial charge on any atom is 0.222 e. The van der Waals surface area contributed by atoms with Gasteiger partial charge in [-0.1, -0.05) is 37.3 Å². The molecular formula is C16H24N2O. The smallest absolute Gasteiger partial charge is 0.222 e. The zero-order chi connectivity index (χ0) is 13.7. The van der Waals surface area contributed by atoms with Crippen LogP contribution in [0.1, 0.15) is 38.2 Å². The predicted molar refractivity (Wildman–Crippen MR) is 78.1 cm³/mol. The van der Waals surface area contributed by atoms with Crippen LogP contribution in [0.5, 0.6) is 0 Å². The molecule has 0 saturated carbocycles. The number of nitrogens with one attached hydrogen (secondary N) is 1. The van der Waals surface area contributed by atoms with Gasteiger partial charge in [-0.05, 0) is 24.8 Å². The van der Waals surface area contributed by atoms with E-state index in [0.717, 1.165) is 32.5 Å². The van der Waals surface area contributed by atoms with Gasteiger partial charge in [0.25, 0.3) is 0 Å². The van der Waals surface area contributed by atoms with Crippen molar-refractivity contribution in [2.75, 3.05) is 19.6 Å². The van der Waals surface area contributed by atoms with Crippen molar-refractivity contribution in [1.29, 1.82) is 0 Å². The van der Waals surface area contributed by atoms with Gasteiger partial charge in [0, 0.05) is 32.1 Å². The summed E-state index contributed by atoms with van der Waals surface area (Å²) in [5.74, 6) is 0.793. The average molecular weight is 260 g/mol. The van der Waals surface area contributed by atoms with Gasteiger partial charge in [0.15, 0.2) is 0 Å². The van der Waals surface area contributed by atoms with Crippen LogP contribution in [0.2, 0.25) is 0 Å². The van der Waals surface area contributed by atoms with E-state index in [2.05, 4.69) is 43.4 Å². The number of nitrogens with zero attached hydrogens (tertiary/aromatic N) is 1. The fraction of sp³-hybridized carbons (Fsp3) is 0.562. The van der Waals surface area contributed by atoms with Gasteiger partial charge in [-0.25, -0.2) is 0 Å². The van der Waals surface area contributed by atoms with E-state index in [1.807, 2.05) is 11.0 Å². The van der Waals surface area contributed by atoms with Crippen LogP contribution in [0.25, 0.3) is 0 Å². The first kappa shape index (κ1) is 14.1. The van der Waals surface area contributed by atoms with Crippen LogP contribution in [0.15, 0.2) is 30.3 Å². The van der Waals surface area contributed by atoms with Crippen molar-refractivity contribution in [2.45, 2.75) is 38.6 Å². The first-order valence-corrected chi connectivity index (χ1v) is 7.24. The number of carbonyl (C=O) groups excluding carboxylic acids is 1. The van der Waals surface area contributed by atoms with Gasteiger partial charge in [0.1, 0.15) is 0 Å². The average Bonchev–Trinajstić information content (AvgIpc) is 2.84. The Balaban J connectivity index is 1.75. The molecule has 1 aromatic carbocycles. The molecule has 1 aliphatic rings. The van der Waals surface area contributed by atoms with Crippen LogP contribution in [0.4, 0.5) is 0 Å². The number of benzene rings is 1. The van der Waals surface area contributed by atoms with E-state index in [4.69, 9.17) is 0 Å². The van der Waals surface area contributed by atoms with Gasteiger partial charge in [-0.15, -0.1) is 0 Å². The van der Waals surface area contributed by atoms with Gasteiger partial charge in [0.05, 0.1) is 0 Å². The molecule has 3 nitrogen and oxygen atoms in total. The number of rotatable bonds is 6. The second kappa shape index (κ2) is 6.71. The van der Waals surface area contributed by atoms with Gasteiger partial charge < -0.3 is 10.2 Å². The zero-order valence-corrected chi connectivity index (χ0v) is 11.9. The Morgan fingerprint density at radius 3 is 2.63 bits per heavy atom. The maximum atomic E-state index is 11.5. The van der Waals surface area contributed by atoms with E-state index in [1.165, 1.54) is 5.56 Å². The molecule has 1 heterocycles. The lowest BCUT2D eigenvalue weighted by atomic mass is 9.94. The van der Waals surface area contributed by atoms with E-state index in [0.29, 0.717) is 17.9 Å². The summed E-state index contributed by atoms with van der Waals surface area (Å²) >= 11 is 0. The highest BCUT2D eigenvalue weighted by Crippen LogP contribution is 2.18. The lowest BCUT2D eigenvalue weighted by molar-refractivity contribution is -0.127. The summed E-state index contributed by atoms with van der Waals surface area (Å²) in [6.45, 7) is 7.11. The highest BCUT2D eigenvalue weighted by molar-refractivity contribution is 5.78. The van der Waals surface area contributed by atoms with Crippen molar-refractivity contribution in [2.24, 2.45) is 0 Å². The first-order valence-electron chi connectivity index (χ1n) is 7.24. The Hall–Kier alpha value is -1.35. The number of hydrogen-bond donors (Lipinski definition) is 1. The maximum absolute atomic E-state index is 11.5. The van der Waals surface area contributed by atoms with Gasteiger partial charge in [-0.3, -0.25) is 4.79 Å². The lowest BCUT2D eigenvalue weighted by Gasteiger charge is -2.23. The van der Waals surface area contributed by atoms with Crippen molar-refractivity contribution in [3.8, 4) is 0 Å². The predicted octanol–water partition coefficient (Wildman–Crippen LogP) is 2.39. The van der Waals surface area contributed by atoms with E-state index >= 15 is 0 Å². The third-order valence-corrected chi connectivity index (χ3v) is 4.09. The summed E-state index contributed by atoms with van der Waals surface area (Å²) in [4.78, 5) is 13.5. The summed E-state index contributed by atoms with van der Waals surface area (Å²) in [7, 11) is 0. The van der Waals surface area contributed by atoms with Crippen LogP contribution in [-0.4, -0.2) is 36.5 Å². The normalized spacial score (nSPS) is 18.6. The Kier molecular flexibility index (Phi) is 4.97. The third-order valence-electron chi connectivity index (χ3n) is 4.09. The van der Waals surface area contributed by atoms with Crippen molar-refractivity contribution < 1.29 is 4.79 Å². The molecule has 2 atom stereocenters. The molecule has 0 radical (unpaired) electrons. The molecule has 1 aromatic rings. The van der Waals surface area contributed by atoms with Crippen LogP contribution >= 0.6 is 0 Å². The summed E-state index contributed by atoms with van der Waals surface area (Å²) in [5, 5.41) is 3.53. The Labute approximate surface area is 116 Å². The molecule has 1 N–H and O–H groups in total. The molecule has 1 aliphatic heterocycles. The van der Waals surface area contributed by atoms with Crippen LogP contribution in [0.3, 0.4) is 0 Å². The van der Waals surface area contributed by atoms with Crippen molar-refractivity contribution in [1.82, 2.24) is 10.2 Å². The summed E-state index contributed by atoms with van der Waals surface area (Å²) in [5.41, 5.74) is 1.36. The fourth-order valence-corrected chi connectivity index (χ4v) is 2.59. The largest absolute Gasteiger partial charge is 0.341 e. The molecule has 3 heteroatoms. The minimum Gasteiger partial charge on any atom is -0.341 e. The highest BCUT2D eigenvalue weighted by atomic mass is 16.2. The lowest BCUT2D eigenvalue weighted by Crippen LogP contribution is -2.38.